The monoisotopic (exact) mass is 403 g/mol. The highest BCUT2D eigenvalue weighted by Crippen LogP contribution is 2.17. The number of nitrogens with one attached hydrogen (secondary N) is 3. The maximum atomic E-state index is 12.0. The first-order chi connectivity index (χ1) is 13.4. The predicted molar refractivity (Wildman–Crippen MR) is 112 cm³/mol. The van der Waals surface area contributed by atoms with Crippen molar-refractivity contribution in [1.29, 1.82) is 0 Å². The van der Waals surface area contributed by atoms with Gasteiger partial charge in [0.1, 0.15) is 5.75 Å². The van der Waals surface area contributed by atoms with Gasteiger partial charge in [0.05, 0.1) is 12.6 Å². The van der Waals surface area contributed by atoms with E-state index in [0.717, 1.165) is 24.2 Å². The second kappa shape index (κ2) is 11.2. The molecule has 28 heavy (non-hydrogen) atoms. The van der Waals surface area contributed by atoms with Crippen LogP contribution in [0.25, 0.3) is 0 Å². The van der Waals surface area contributed by atoms with Crippen LogP contribution in [0.1, 0.15) is 38.3 Å². The average Bonchev–Trinajstić information content (AvgIpc) is 2.65. The number of benzene rings is 2. The van der Waals surface area contributed by atoms with Gasteiger partial charge in [-0.25, -0.2) is 4.79 Å². The van der Waals surface area contributed by atoms with Crippen molar-refractivity contribution in [2.75, 3.05) is 18.5 Å². The van der Waals surface area contributed by atoms with Crippen LogP contribution in [0.15, 0.2) is 48.5 Å². The van der Waals surface area contributed by atoms with Gasteiger partial charge in [-0.1, -0.05) is 23.7 Å². The summed E-state index contributed by atoms with van der Waals surface area (Å²) in [4.78, 5) is 23.2. The first-order valence-corrected chi connectivity index (χ1v) is 9.62. The highest BCUT2D eigenvalue weighted by Gasteiger charge is 2.10. The quantitative estimate of drug-likeness (QED) is 0.538. The fourth-order valence-corrected chi connectivity index (χ4v) is 2.70. The van der Waals surface area contributed by atoms with Crippen molar-refractivity contribution in [1.82, 2.24) is 10.6 Å². The molecular weight excluding hydrogens is 378 g/mol. The highest BCUT2D eigenvalue weighted by atomic mass is 35.5. The molecule has 0 aliphatic rings. The number of urea groups is 1. The number of halogens is 1. The molecule has 2 aromatic carbocycles. The summed E-state index contributed by atoms with van der Waals surface area (Å²) in [5.41, 5.74) is 1.62. The van der Waals surface area contributed by atoms with Gasteiger partial charge < -0.3 is 20.7 Å². The van der Waals surface area contributed by atoms with E-state index in [-0.39, 0.29) is 18.0 Å². The van der Waals surface area contributed by atoms with E-state index >= 15 is 0 Å². The topological polar surface area (TPSA) is 79.5 Å². The molecule has 150 valence electrons. The molecule has 0 aromatic heterocycles. The van der Waals surface area contributed by atoms with E-state index in [0.29, 0.717) is 23.9 Å². The molecule has 3 amide bonds. The van der Waals surface area contributed by atoms with Gasteiger partial charge in [-0.3, -0.25) is 4.79 Å². The summed E-state index contributed by atoms with van der Waals surface area (Å²) >= 11 is 5.83. The molecule has 2 aromatic rings. The maximum Gasteiger partial charge on any atom is 0.315 e. The number of unbranched alkanes of at least 4 members (excludes halogenated alkanes) is 1. The Kier molecular flexibility index (Phi) is 8.62. The largest absolute Gasteiger partial charge is 0.494 e. The smallest absolute Gasteiger partial charge is 0.315 e. The highest BCUT2D eigenvalue weighted by molar-refractivity contribution is 6.30. The van der Waals surface area contributed by atoms with Gasteiger partial charge in [0.25, 0.3) is 0 Å². The molecule has 3 N–H and O–H groups in total. The van der Waals surface area contributed by atoms with Crippen LogP contribution in [0.2, 0.25) is 5.02 Å². The number of ether oxygens (including phenoxy) is 1. The van der Waals surface area contributed by atoms with Gasteiger partial charge in [0.2, 0.25) is 5.91 Å². The first-order valence-electron chi connectivity index (χ1n) is 9.24. The van der Waals surface area contributed by atoms with Crippen molar-refractivity contribution in [3.8, 4) is 5.75 Å². The van der Waals surface area contributed by atoms with Gasteiger partial charge >= 0.3 is 6.03 Å². The molecule has 2 rings (SSSR count). The SMILES string of the molecule is CC(=O)Nc1cccc(C(C)NC(=O)NCCCCOc2ccc(Cl)cc2)c1. The van der Waals surface area contributed by atoms with Crippen molar-refractivity contribution >= 4 is 29.2 Å². The Morgan fingerprint density at radius 3 is 2.57 bits per heavy atom. The molecule has 0 bridgehead atoms. The van der Waals surface area contributed by atoms with Crippen LogP contribution in [0.5, 0.6) is 5.75 Å². The van der Waals surface area contributed by atoms with E-state index < -0.39 is 0 Å². The number of carbonyl (C=O) groups is 2. The van der Waals surface area contributed by atoms with Gasteiger partial charge in [-0.15, -0.1) is 0 Å². The van der Waals surface area contributed by atoms with Gasteiger partial charge in [-0.05, 0) is 61.7 Å². The lowest BCUT2D eigenvalue weighted by Crippen LogP contribution is -2.37. The number of rotatable bonds is 9. The van der Waals surface area contributed by atoms with Crippen molar-refractivity contribution < 1.29 is 14.3 Å². The lowest BCUT2D eigenvalue weighted by molar-refractivity contribution is -0.114. The predicted octanol–water partition coefficient (Wildman–Crippen LogP) is 4.52. The zero-order valence-electron chi connectivity index (χ0n) is 16.1. The molecule has 0 spiro atoms. The summed E-state index contributed by atoms with van der Waals surface area (Å²) in [6.07, 6.45) is 1.64. The lowest BCUT2D eigenvalue weighted by atomic mass is 10.1. The standard InChI is InChI=1S/C21H26ClN3O3/c1-15(17-6-5-7-19(14-17)25-16(2)26)24-21(27)23-12-3-4-13-28-20-10-8-18(22)9-11-20/h5-11,14-15H,3-4,12-13H2,1-2H3,(H,25,26)(H2,23,24,27). The summed E-state index contributed by atoms with van der Waals surface area (Å²) in [7, 11) is 0. The van der Waals surface area contributed by atoms with Crippen molar-refractivity contribution in [3.63, 3.8) is 0 Å². The summed E-state index contributed by atoms with van der Waals surface area (Å²) in [6.45, 7) is 4.50. The maximum absolute atomic E-state index is 12.0. The van der Waals surface area contributed by atoms with Crippen molar-refractivity contribution in [2.24, 2.45) is 0 Å². The number of amides is 3. The second-order valence-electron chi connectivity index (χ2n) is 6.44. The fourth-order valence-electron chi connectivity index (χ4n) is 2.57. The van der Waals surface area contributed by atoms with Crippen LogP contribution in [0.4, 0.5) is 10.5 Å². The molecule has 6 nitrogen and oxygen atoms in total. The number of anilines is 1. The Morgan fingerprint density at radius 1 is 1.11 bits per heavy atom. The molecule has 0 heterocycles. The third-order valence-electron chi connectivity index (χ3n) is 3.99. The van der Waals surface area contributed by atoms with Crippen LogP contribution >= 0.6 is 11.6 Å². The minimum absolute atomic E-state index is 0.129. The molecule has 0 aliphatic carbocycles. The molecule has 7 heteroatoms. The Morgan fingerprint density at radius 2 is 1.86 bits per heavy atom. The number of hydrogen-bond donors (Lipinski definition) is 3. The Labute approximate surface area is 170 Å². The molecule has 1 unspecified atom stereocenters. The Hall–Kier alpha value is -2.73. The van der Waals surface area contributed by atoms with Crippen LogP contribution in [0.3, 0.4) is 0 Å². The van der Waals surface area contributed by atoms with Crippen molar-refractivity contribution in [2.45, 2.75) is 32.7 Å². The molecule has 0 radical (unpaired) electrons. The van der Waals surface area contributed by atoms with Crippen molar-refractivity contribution in [3.05, 3.63) is 59.1 Å². The van der Waals surface area contributed by atoms with E-state index in [4.69, 9.17) is 16.3 Å². The van der Waals surface area contributed by atoms with E-state index in [1.807, 2.05) is 43.3 Å². The number of hydrogen-bond acceptors (Lipinski definition) is 3. The molecule has 0 aliphatic heterocycles. The van der Waals surface area contributed by atoms with Crippen LogP contribution in [-0.4, -0.2) is 25.1 Å². The van der Waals surface area contributed by atoms with Crippen LogP contribution < -0.4 is 20.7 Å². The Bertz CT molecular complexity index is 781. The zero-order valence-corrected chi connectivity index (χ0v) is 16.9. The van der Waals surface area contributed by atoms with Crippen LogP contribution in [-0.2, 0) is 4.79 Å². The van der Waals surface area contributed by atoms with E-state index in [2.05, 4.69) is 16.0 Å². The van der Waals surface area contributed by atoms with Gasteiger partial charge in [0, 0.05) is 24.2 Å². The zero-order chi connectivity index (χ0) is 20.4. The van der Waals surface area contributed by atoms with E-state index in [1.54, 1.807) is 12.1 Å². The minimum Gasteiger partial charge on any atom is -0.494 e. The summed E-state index contributed by atoms with van der Waals surface area (Å²) < 4.78 is 5.61. The summed E-state index contributed by atoms with van der Waals surface area (Å²) in [5, 5.41) is 9.15. The average molecular weight is 404 g/mol. The number of carbonyl (C=O) groups excluding carboxylic acids is 2. The van der Waals surface area contributed by atoms with Gasteiger partial charge in [-0.2, -0.15) is 0 Å². The Balaban J connectivity index is 1.64. The molecule has 1 atom stereocenters. The third-order valence-corrected chi connectivity index (χ3v) is 4.25. The molecular formula is C21H26ClN3O3. The first kappa shape index (κ1) is 21.6. The fraction of sp³-hybridized carbons (Fsp3) is 0.333. The molecule has 0 saturated heterocycles. The van der Waals surface area contributed by atoms with E-state index in [9.17, 15) is 9.59 Å². The minimum atomic E-state index is -0.226. The van der Waals surface area contributed by atoms with Gasteiger partial charge in [0.15, 0.2) is 0 Å². The van der Waals surface area contributed by atoms with Crippen LogP contribution in [0, 0.1) is 0 Å². The summed E-state index contributed by atoms with van der Waals surface area (Å²) in [5.74, 6) is 0.654. The normalized spacial score (nSPS) is 11.4. The molecule has 0 saturated carbocycles. The second-order valence-corrected chi connectivity index (χ2v) is 6.87. The molecule has 0 fully saturated rings. The van der Waals surface area contributed by atoms with E-state index in [1.165, 1.54) is 6.92 Å². The lowest BCUT2D eigenvalue weighted by Gasteiger charge is -2.16. The third kappa shape index (κ3) is 7.88. The summed E-state index contributed by atoms with van der Waals surface area (Å²) in [6, 6.07) is 14.2.